The van der Waals surface area contributed by atoms with Crippen molar-refractivity contribution < 1.29 is 52.2 Å². The second-order valence-electron chi connectivity index (χ2n) is 18.4. The van der Waals surface area contributed by atoms with E-state index in [9.17, 15) is 28.9 Å². The third-order valence-electron chi connectivity index (χ3n) is 11.6. The molecule has 12 heteroatoms. The van der Waals surface area contributed by atoms with E-state index in [2.05, 4.69) is 81.5 Å². The Balaban J connectivity index is 4.78. The minimum Gasteiger partial charge on any atom is -0.462 e. The molecule has 11 nitrogen and oxygen atoms in total. The van der Waals surface area contributed by atoms with E-state index >= 15 is 0 Å². The fourth-order valence-corrected chi connectivity index (χ4v) is 8.13. The molecule has 0 aliphatic rings. The maximum Gasteiger partial charge on any atom is 0.472 e. The third kappa shape index (κ3) is 49.9. The number of allylic oxidation sites excluding steroid dienone is 12. The van der Waals surface area contributed by atoms with Gasteiger partial charge in [-0.15, -0.1) is 0 Å². The molecule has 3 atom stereocenters. The molecule has 0 bridgehead atoms. The van der Waals surface area contributed by atoms with Crippen LogP contribution in [0.5, 0.6) is 0 Å². The molecule has 404 valence electrons. The topological polar surface area (TPSA) is 155 Å². The predicted molar refractivity (Wildman–Crippen MR) is 288 cm³/mol. The van der Waals surface area contributed by atoms with Gasteiger partial charge in [-0.1, -0.05) is 203 Å². The van der Waals surface area contributed by atoms with Crippen LogP contribution in [0.1, 0.15) is 239 Å². The summed E-state index contributed by atoms with van der Waals surface area (Å²) in [5, 5.41) is 9.77. The minimum absolute atomic E-state index is 0.104. The van der Waals surface area contributed by atoms with Crippen LogP contribution >= 0.6 is 7.82 Å². The summed E-state index contributed by atoms with van der Waals surface area (Å²) in [6, 6.07) is 0. The van der Waals surface area contributed by atoms with Gasteiger partial charge in [0.2, 0.25) is 0 Å². The molecule has 0 aromatic carbocycles. The van der Waals surface area contributed by atoms with Crippen molar-refractivity contribution in [3.05, 3.63) is 72.9 Å². The van der Waals surface area contributed by atoms with Crippen LogP contribution in [0.3, 0.4) is 0 Å². The van der Waals surface area contributed by atoms with Crippen LogP contribution in [0.25, 0.3) is 0 Å². The first-order valence-corrected chi connectivity index (χ1v) is 29.3. The maximum absolute atomic E-state index is 12.9. The second kappa shape index (κ2) is 52.2. The Morgan fingerprint density at radius 1 is 0.414 bits per heavy atom. The van der Waals surface area contributed by atoms with Gasteiger partial charge >= 0.3 is 25.7 Å². The van der Waals surface area contributed by atoms with Gasteiger partial charge in [-0.05, 0) is 89.9 Å². The van der Waals surface area contributed by atoms with Gasteiger partial charge in [-0.3, -0.25) is 23.4 Å². The second-order valence-corrected chi connectivity index (χ2v) is 19.8. The summed E-state index contributed by atoms with van der Waals surface area (Å²) in [6.07, 6.45) is 57.5. The van der Waals surface area contributed by atoms with E-state index in [1.54, 1.807) is 0 Å². The Morgan fingerprint density at radius 2 is 0.786 bits per heavy atom. The molecule has 0 saturated carbocycles. The highest BCUT2D eigenvalue weighted by Crippen LogP contribution is 2.43. The molecule has 0 spiro atoms. The summed E-state index contributed by atoms with van der Waals surface area (Å²) >= 11 is 0. The van der Waals surface area contributed by atoms with Crippen molar-refractivity contribution in [3.8, 4) is 0 Å². The molecular formula is C58H101O11P. The van der Waals surface area contributed by atoms with E-state index in [0.717, 1.165) is 83.5 Å². The first-order chi connectivity index (χ1) is 34.2. The van der Waals surface area contributed by atoms with E-state index in [0.29, 0.717) is 19.3 Å². The number of unbranched alkanes of at least 4 members (excludes halogenated alkanes) is 22. The SMILES string of the molecule is CC/C=C\C/C=C\C/C=C\C/C=C\CCC(=O)OCC(COP(=O)(O)OCC(CO)OC(=O)CCCCCCC/C=C\CCCC)OC(=O)CCCCCCCCCCC/C=C\CCCCCCCC. The zero-order valence-electron chi connectivity index (χ0n) is 44.5. The van der Waals surface area contributed by atoms with Gasteiger partial charge in [0.1, 0.15) is 12.7 Å². The molecule has 0 aromatic rings. The number of ether oxygens (including phenoxy) is 3. The van der Waals surface area contributed by atoms with E-state index in [1.807, 2.05) is 12.2 Å². The Hall–Kier alpha value is -3.08. The van der Waals surface area contributed by atoms with Crippen molar-refractivity contribution in [2.45, 2.75) is 251 Å². The molecule has 3 unspecified atom stereocenters. The van der Waals surface area contributed by atoms with Crippen molar-refractivity contribution in [2.24, 2.45) is 0 Å². The first-order valence-electron chi connectivity index (χ1n) is 27.8. The summed E-state index contributed by atoms with van der Waals surface area (Å²) in [7, 11) is -4.76. The number of rotatable bonds is 51. The van der Waals surface area contributed by atoms with Crippen LogP contribution in [0.2, 0.25) is 0 Å². The Morgan fingerprint density at radius 3 is 1.24 bits per heavy atom. The lowest BCUT2D eigenvalue weighted by Crippen LogP contribution is -2.30. The number of carbonyl (C=O) groups is 3. The number of esters is 3. The molecule has 0 rings (SSSR count). The van der Waals surface area contributed by atoms with Crippen LogP contribution in [0.15, 0.2) is 72.9 Å². The number of aliphatic hydroxyl groups excluding tert-OH is 1. The van der Waals surface area contributed by atoms with Crippen molar-refractivity contribution in [2.75, 3.05) is 26.4 Å². The Labute approximate surface area is 427 Å². The highest BCUT2D eigenvalue weighted by Gasteiger charge is 2.28. The van der Waals surface area contributed by atoms with Gasteiger partial charge in [-0.2, -0.15) is 0 Å². The van der Waals surface area contributed by atoms with Gasteiger partial charge < -0.3 is 24.2 Å². The quantitative estimate of drug-likeness (QED) is 0.0197. The first kappa shape index (κ1) is 66.9. The van der Waals surface area contributed by atoms with Gasteiger partial charge in [0.25, 0.3) is 0 Å². The van der Waals surface area contributed by atoms with Gasteiger partial charge in [0.05, 0.1) is 19.8 Å². The molecule has 0 aliphatic heterocycles. The summed E-state index contributed by atoms with van der Waals surface area (Å²) in [6.45, 7) is 4.39. The van der Waals surface area contributed by atoms with Crippen molar-refractivity contribution in [3.63, 3.8) is 0 Å². The summed E-state index contributed by atoms with van der Waals surface area (Å²) < 4.78 is 39.3. The van der Waals surface area contributed by atoms with E-state index in [-0.39, 0.29) is 25.9 Å². The number of hydrogen-bond donors (Lipinski definition) is 2. The summed E-state index contributed by atoms with van der Waals surface area (Å²) in [5.41, 5.74) is 0. The molecular weight excluding hydrogens is 904 g/mol. The molecule has 2 N–H and O–H groups in total. The number of carbonyl (C=O) groups excluding carboxylic acids is 3. The standard InChI is InChI=1S/C58H101O11P/c1-4-7-10-13-16-19-22-24-25-26-27-28-29-31-34-37-40-43-46-49-58(62)69-55(51-65-56(60)47-44-41-38-35-33-30-23-20-17-14-11-8-5-2)53-67-70(63,64)66-52-54(50-59)68-57(61)48-45-42-39-36-32-21-18-15-12-9-6-3/h8,11,15,17-18,20,24-25,30,33,38,41,54-55,59H,4-7,9-10,12-14,16,19,21-23,26-29,31-32,34-37,39-40,42-53H2,1-3H3,(H,63,64)/b11-8-,18-15-,20-17-,25-24-,33-30-,41-38-. The van der Waals surface area contributed by atoms with E-state index < -0.39 is 57.8 Å². The van der Waals surface area contributed by atoms with Crippen molar-refractivity contribution in [1.82, 2.24) is 0 Å². The molecule has 0 fully saturated rings. The number of aliphatic hydroxyl groups is 1. The zero-order valence-corrected chi connectivity index (χ0v) is 45.4. The van der Waals surface area contributed by atoms with E-state index in [1.165, 1.54) is 96.3 Å². The van der Waals surface area contributed by atoms with Crippen LogP contribution in [0.4, 0.5) is 0 Å². The molecule has 0 amide bonds. The number of hydrogen-bond acceptors (Lipinski definition) is 10. The predicted octanol–water partition coefficient (Wildman–Crippen LogP) is 16.1. The van der Waals surface area contributed by atoms with Crippen molar-refractivity contribution in [1.29, 1.82) is 0 Å². The highest BCUT2D eigenvalue weighted by molar-refractivity contribution is 7.47. The van der Waals surface area contributed by atoms with Crippen LogP contribution in [-0.4, -0.2) is 66.5 Å². The lowest BCUT2D eigenvalue weighted by Gasteiger charge is -2.21. The number of phosphoric ester groups is 1. The maximum atomic E-state index is 12.9. The molecule has 0 radical (unpaired) electrons. The molecule has 0 aliphatic carbocycles. The fourth-order valence-electron chi connectivity index (χ4n) is 7.35. The molecule has 0 saturated heterocycles. The zero-order chi connectivity index (χ0) is 51.3. The third-order valence-corrected chi connectivity index (χ3v) is 12.5. The lowest BCUT2D eigenvalue weighted by atomic mass is 10.1. The van der Waals surface area contributed by atoms with Crippen molar-refractivity contribution >= 4 is 25.7 Å². The van der Waals surface area contributed by atoms with Gasteiger partial charge in [-0.25, -0.2) is 4.57 Å². The molecule has 0 aromatic heterocycles. The average molecular weight is 1010 g/mol. The lowest BCUT2D eigenvalue weighted by molar-refractivity contribution is -0.161. The van der Waals surface area contributed by atoms with Gasteiger partial charge in [0, 0.05) is 19.3 Å². The summed E-state index contributed by atoms with van der Waals surface area (Å²) in [4.78, 5) is 48.3. The molecule has 0 heterocycles. The van der Waals surface area contributed by atoms with Crippen LogP contribution in [0, 0.1) is 0 Å². The van der Waals surface area contributed by atoms with E-state index in [4.69, 9.17) is 23.3 Å². The van der Waals surface area contributed by atoms with Crippen LogP contribution in [-0.2, 0) is 42.2 Å². The Bertz CT molecular complexity index is 1450. The van der Waals surface area contributed by atoms with Gasteiger partial charge in [0.15, 0.2) is 6.10 Å². The largest absolute Gasteiger partial charge is 0.472 e. The smallest absolute Gasteiger partial charge is 0.462 e. The highest BCUT2D eigenvalue weighted by atomic mass is 31.2. The minimum atomic E-state index is -4.76. The fraction of sp³-hybridized carbons (Fsp3) is 0.741. The average Bonchev–Trinajstić information content (AvgIpc) is 3.35. The number of phosphoric acid groups is 1. The molecule has 70 heavy (non-hydrogen) atoms. The normalized spacial score (nSPS) is 14.0. The summed E-state index contributed by atoms with van der Waals surface area (Å²) in [5.74, 6) is -1.57. The monoisotopic (exact) mass is 1000 g/mol. The Kier molecular flexibility index (Phi) is 50.0. The van der Waals surface area contributed by atoms with Crippen LogP contribution < -0.4 is 0 Å².